The molecule has 1 aromatic heterocycles. The van der Waals surface area contributed by atoms with Crippen molar-refractivity contribution in [3.8, 4) is 0 Å². The van der Waals surface area contributed by atoms with Crippen molar-refractivity contribution in [1.29, 1.82) is 0 Å². The summed E-state index contributed by atoms with van der Waals surface area (Å²) in [6.07, 6.45) is -0.995. The summed E-state index contributed by atoms with van der Waals surface area (Å²) in [4.78, 5) is 12.5. The van der Waals surface area contributed by atoms with Gasteiger partial charge in [0.25, 0.3) is 0 Å². The van der Waals surface area contributed by atoms with Gasteiger partial charge in [0.15, 0.2) is 0 Å². The second-order valence-electron chi connectivity index (χ2n) is 2.61. The van der Waals surface area contributed by atoms with E-state index < -0.39 is 32.5 Å². The Kier molecular flexibility index (Phi) is 2.52. The molecule has 0 radical (unpaired) electrons. The Bertz CT molecular complexity index is 429. The normalized spacial score (nSPS) is 14.3. The summed E-state index contributed by atoms with van der Waals surface area (Å²) in [7, 11) is -3.69. The van der Waals surface area contributed by atoms with E-state index >= 15 is 0 Å². The third-order valence-corrected chi connectivity index (χ3v) is 2.94. The second kappa shape index (κ2) is 3.30. The van der Waals surface area contributed by atoms with Gasteiger partial charge in [0.1, 0.15) is 0 Å². The van der Waals surface area contributed by atoms with E-state index in [9.17, 15) is 13.2 Å². The molecular formula is C5H9N3O4S. The van der Waals surface area contributed by atoms with Crippen LogP contribution in [0.1, 0.15) is 6.92 Å². The Hall–Kier alpha value is -1.15. The summed E-state index contributed by atoms with van der Waals surface area (Å²) in [5.41, 5.74) is -0.691. The molecule has 0 amide bonds. The topological polar surface area (TPSA) is 116 Å². The van der Waals surface area contributed by atoms with Crippen LogP contribution in [0.4, 0.5) is 0 Å². The third-order valence-electron chi connectivity index (χ3n) is 1.23. The Labute approximate surface area is 73.7 Å². The second-order valence-corrected chi connectivity index (χ2v) is 4.56. The summed E-state index contributed by atoms with van der Waals surface area (Å²) in [5.74, 6) is -0.464. The minimum atomic E-state index is -3.69. The Balaban J connectivity index is 3.01. The number of hydrogen-bond acceptors (Lipinski definition) is 5. The number of aromatic nitrogens is 3. The first-order valence-corrected chi connectivity index (χ1v) is 5.12. The van der Waals surface area contributed by atoms with Gasteiger partial charge < -0.3 is 5.11 Å². The van der Waals surface area contributed by atoms with Crippen molar-refractivity contribution in [3.63, 3.8) is 0 Å². The summed E-state index contributed by atoms with van der Waals surface area (Å²) in [6, 6.07) is 0. The lowest BCUT2D eigenvalue weighted by atomic mass is 10.5. The quantitative estimate of drug-likeness (QED) is 0.543. The summed E-state index contributed by atoms with van der Waals surface area (Å²) in [6.45, 7) is 1.34. The van der Waals surface area contributed by atoms with E-state index in [1.165, 1.54) is 6.92 Å². The molecular weight excluding hydrogens is 198 g/mol. The molecule has 0 saturated heterocycles. The number of hydrogen-bond donors (Lipinski definition) is 3. The van der Waals surface area contributed by atoms with Crippen molar-refractivity contribution in [2.75, 3.05) is 5.75 Å². The van der Waals surface area contributed by atoms with Crippen molar-refractivity contribution >= 4 is 9.84 Å². The van der Waals surface area contributed by atoms with Crippen LogP contribution in [0.5, 0.6) is 0 Å². The molecule has 1 unspecified atom stereocenters. The summed E-state index contributed by atoms with van der Waals surface area (Å²) < 4.78 is 22.5. The van der Waals surface area contributed by atoms with Gasteiger partial charge in [-0.25, -0.2) is 18.3 Å². The van der Waals surface area contributed by atoms with Gasteiger partial charge in [-0.15, -0.1) is 5.10 Å². The smallest absolute Gasteiger partial charge is 0.341 e. The standard InChI is InChI=1S/C5H9N3O4S/c1-3(9)2-13(11,12)5-6-4(10)7-8-5/h3,9H,2H2,1H3,(H2,6,7,8,10). The van der Waals surface area contributed by atoms with Gasteiger partial charge in [-0.2, -0.15) is 0 Å². The largest absolute Gasteiger partial charge is 0.392 e. The fourth-order valence-corrected chi connectivity index (χ4v) is 2.02. The van der Waals surface area contributed by atoms with Crippen molar-refractivity contribution in [1.82, 2.24) is 15.2 Å². The number of aromatic amines is 2. The first kappa shape index (κ1) is 9.93. The highest BCUT2D eigenvalue weighted by Gasteiger charge is 2.20. The minimum absolute atomic E-state index is 0.446. The van der Waals surface area contributed by atoms with Crippen LogP contribution < -0.4 is 5.69 Å². The molecule has 0 fully saturated rings. The molecule has 1 atom stereocenters. The van der Waals surface area contributed by atoms with Crippen molar-refractivity contribution in [2.45, 2.75) is 18.2 Å². The maximum atomic E-state index is 11.2. The van der Waals surface area contributed by atoms with Gasteiger partial charge in [-0.1, -0.05) is 0 Å². The molecule has 0 bridgehead atoms. The minimum Gasteiger partial charge on any atom is -0.392 e. The fourth-order valence-electron chi connectivity index (χ4n) is 0.798. The molecule has 0 saturated carbocycles. The Morgan fingerprint density at radius 2 is 2.23 bits per heavy atom. The van der Waals surface area contributed by atoms with E-state index in [2.05, 4.69) is 5.10 Å². The highest BCUT2D eigenvalue weighted by molar-refractivity contribution is 7.91. The van der Waals surface area contributed by atoms with Gasteiger partial charge in [0, 0.05) is 0 Å². The molecule has 0 spiro atoms. The van der Waals surface area contributed by atoms with E-state index in [-0.39, 0.29) is 0 Å². The zero-order valence-electron chi connectivity index (χ0n) is 6.81. The number of H-pyrrole nitrogens is 2. The molecule has 1 aromatic rings. The number of nitrogens with one attached hydrogen (secondary N) is 2. The third kappa shape index (κ3) is 2.39. The van der Waals surface area contributed by atoms with E-state index in [4.69, 9.17) is 5.11 Å². The SMILES string of the molecule is CC(O)CS(=O)(=O)c1n[nH]c(=O)[nH]1. The van der Waals surface area contributed by atoms with E-state index in [1.807, 2.05) is 10.1 Å². The van der Waals surface area contributed by atoms with Gasteiger partial charge >= 0.3 is 5.69 Å². The van der Waals surface area contributed by atoms with E-state index in [1.54, 1.807) is 0 Å². The van der Waals surface area contributed by atoms with Crippen LogP contribution in [0.25, 0.3) is 0 Å². The molecule has 1 rings (SSSR count). The van der Waals surface area contributed by atoms with Gasteiger partial charge in [-0.3, -0.25) is 4.98 Å². The van der Waals surface area contributed by atoms with E-state index in [0.29, 0.717) is 0 Å². The highest BCUT2D eigenvalue weighted by atomic mass is 32.2. The molecule has 1 heterocycles. The van der Waals surface area contributed by atoms with E-state index in [0.717, 1.165) is 0 Å². The number of nitrogens with zero attached hydrogens (tertiary/aromatic N) is 1. The average Bonchev–Trinajstić information content (AvgIpc) is 2.32. The first-order chi connectivity index (χ1) is 5.92. The molecule has 74 valence electrons. The van der Waals surface area contributed by atoms with Crippen LogP contribution >= 0.6 is 0 Å². The number of aliphatic hydroxyl groups is 1. The molecule has 0 aliphatic heterocycles. The van der Waals surface area contributed by atoms with Crippen molar-refractivity contribution < 1.29 is 13.5 Å². The molecule has 8 heteroatoms. The maximum Gasteiger partial charge on any atom is 0.341 e. The van der Waals surface area contributed by atoms with Crippen molar-refractivity contribution in [2.24, 2.45) is 0 Å². The lowest BCUT2D eigenvalue weighted by molar-refractivity contribution is 0.218. The molecule has 0 aliphatic rings. The zero-order valence-corrected chi connectivity index (χ0v) is 7.63. The Morgan fingerprint density at radius 1 is 1.62 bits per heavy atom. The predicted octanol–water partition coefficient (Wildman–Crippen LogP) is -1.75. The molecule has 0 aromatic carbocycles. The molecule has 13 heavy (non-hydrogen) atoms. The Morgan fingerprint density at radius 3 is 2.62 bits per heavy atom. The van der Waals surface area contributed by atoms with Crippen LogP contribution in [0.2, 0.25) is 0 Å². The molecule has 0 aliphatic carbocycles. The number of rotatable bonds is 3. The lowest BCUT2D eigenvalue weighted by Gasteiger charge is -2.01. The lowest BCUT2D eigenvalue weighted by Crippen LogP contribution is -2.19. The number of aliphatic hydroxyl groups excluding tert-OH is 1. The summed E-state index contributed by atoms with van der Waals surface area (Å²) >= 11 is 0. The molecule has 7 nitrogen and oxygen atoms in total. The first-order valence-electron chi connectivity index (χ1n) is 3.47. The zero-order chi connectivity index (χ0) is 10.1. The highest BCUT2D eigenvalue weighted by Crippen LogP contribution is 2.02. The predicted molar refractivity (Wildman–Crippen MR) is 42.9 cm³/mol. The average molecular weight is 207 g/mol. The van der Waals surface area contributed by atoms with Gasteiger partial charge in [0.2, 0.25) is 15.0 Å². The van der Waals surface area contributed by atoms with Crippen LogP contribution in [0, 0.1) is 0 Å². The summed E-state index contributed by atoms with van der Waals surface area (Å²) in [5, 5.41) is 13.6. The molecule has 3 N–H and O–H groups in total. The monoisotopic (exact) mass is 207 g/mol. The van der Waals surface area contributed by atoms with Crippen LogP contribution in [-0.4, -0.2) is 40.6 Å². The van der Waals surface area contributed by atoms with Crippen LogP contribution in [0.15, 0.2) is 9.95 Å². The van der Waals surface area contributed by atoms with Crippen LogP contribution in [0.3, 0.4) is 0 Å². The van der Waals surface area contributed by atoms with Crippen molar-refractivity contribution in [3.05, 3.63) is 10.5 Å². The van der Waals surface area contributed by atoms with Gasteiger partial charge in [0.05, 0.1) is 11.9 Å². The van der Waals surface area contributed by atoms with Crippen LogP contribution in [-0.2, 0) is 9.84 Å². The van der Waals surface area contributed by atoms with Gasteiger partial charge in [-0.05, 0) is 6.92 Å². The fraction of sp³-hybridized carbons (Fsp3) is 0.600. The number of sulfone groups is 1. The maximum absolute atomic E-state index is 11.2.